The molecule has 0 aromatic heterocycles. The second-order valence-corrected chi connectivity index (χ2v) is 9.62. The predicted molar refractivity (Wildman–Crippen MR) is 134 cm³/mol. The Morgan fingerprint density at radius 3 is 2.12 bits per heavy atom. The molecule has 0 spiro atoms. The van der Waals surface area contributed by atoms with Gasteiger partial charge in [-0.05, 0) is 75.2 Å². The first kappa shape index (κ1) is 24.3. The molecule has 7 heteroatoms. The Balaban J connectivity index is 1.71. The van der Waals surface area contributed by atoms with Crippen LogP contribution in [0.4, 0.5) is 11.4 Å². The number of rotatable bonds is 9. The smallest absolute Gasteiger partial charge is 0.262 e. The fourth-order valence-corrected chi connectivity index (χ4v) is 4.89. The molecule has 0 saturated heterocycles. The van der Waals surface area contributed by atoms with Crippen molar-refractivity contribution in [2.75, 3.05) is 22.7 Å². The summed E-state index contributed by atoms with van der Waals surface area (Å²) in [6, 6.07) is 19.9. The Morgan fingerprint density at radius 2 is 1.52 bits per heavy atom. The van der Waals surface area contributed by atoms with Crippen molar-refractivity contribution < 1.29 is 13.2 Å². The van der Waals surface area contributed by atoms with E-state index in [4.69, 9.17) is 0 Å². The van der Waals surface area contributed by atoms with Crippen molar-refractivity contribution in [1.29, 1.82) is 0 Å². The van der Waals surface area contributed by atoms with Gasteiger partial charge in [0.05, 0.1) is 4.90 Å². The van der Waals surface area contributed by atoms with E-state index in [1.807, 2.05) is 43.3 Å². The van der Waals surface area contributed by atoms with Gasteiger partial charge in [-0.15, -0.1) is 0 Å². The molecule has 33 heavy (non-hydrogen) atoms. The van der Waals surface area contributed by atoms with Gasteiger partial charge in [0.1, 0.15) is 0 Å². The molecular formula is C26H31N3O3S. The van der Waals surface area contributed by atoms with Gasteiger partial charge in [0.15, 0.2) is 0 Å². The van der Waals surface area contributed by atoms with E-state index >= 15 is 0 Å². The maximum absolute atomic E-state index is 13.0. The highest BCUT2D eigenvalue weighted by molar-refractivity contribution is 7.92. The zero-order valence-electron chi connectivity index (χ0n) is 19.6. The Morgan fingerprint density at radius 1 is 0.879 bits per heavy atom. The molecule has 3 aromatic rings. The number of carbonyl (C=O) groups is 1. The summed E-state index contributed by atoms with van der Waals surface area (Å²) in [6.07, 6.45) is 0. The zero-order valence-corrected chi connectivity index (χ0v) is 20.4. The fourth-order valence-electron chi connectivity index (χ4n) is 3.56. The molecule has 0 bridgehead atoms. The third-order valence-electron chi connectivity index (χ3n) is 5.56. The third-order valence-corrected chi connectivity index (χ3v) is 7.08. The predicted octanol–water partition coefficient (Wildman–Crippen LogP) is 4.88. The van der Waals surface area contributed by atoms with Gasteiger partial charge >= 0.3 is 0 Å². The average Bonchev–Trinajstić information content (AvgIpc) is 2.80. The molecule has 0 aliphatic heterocycles. The highest BCUT2D eigenvalue weighted by Crippen LogP contribution is 2.21. The van der Waals surface area contributed by atoms with Crippen molar-refractivity contribution in [1.82, 2.24) is 5.32 Å². The van der Waals surface area contributed by atoms with Crippen LogP contribution in [0.5, 0.6) is 0 Å². The van der Waals surface area contributed by atoms with Gasteiger partial charge in [0.25, 0.3) is 15.9 Å². The number of hydrogen-bond donors (Lipinski definition) is 2. The largest absolute Gasteiger partial charge is 0.372 e. The van der Waals surface area contributed by atoms with E-state index in [1.165, 1.54) is 6.07 Å². The minimum Gasteiger partial charge on any atom is -0.372 e. The second-order valence-electron chi connectivity index (χ2n) is 7.97. The number of amides is 1. The molecule has 3 rings (SSSR count). The SMILES string of the molecule is CCN(CC)c1ccc(CNC(=O)c2ccc(C)c(S(=O)(=O)Nc3ccc(C)cc3)c2)cc1. The Hall–Kier alpha value is -3.32. The molecule has 6 nitrogen and oxygen atoms in total. The van der Waals surface area contributed by atoms with Crippen LogP contribution in [-0.2, 0) is 16.6 Å². The van der Waals surface area contributed by atoms with E-state index in [9.17, 15) is 13.2 Å². The number of sulfonamides is 1. The lowest BCUT2D eigenvalue weighted by Crippen LogP contribution is -2.24. The molecule has 0 heterocycles. The lowest BCUT2D eigenvalue weighted by molar-refractivity contribution is 0.0950. The Labute approximate surface area is 196 Å². The number of aryl methyl sites for hydroxylation is 2. The first-order valence-corrected chi connectivity index (χ1v) is 12.5. The van der Waals surface area contributed by atoms with E-state index in [-0.39, 0.29) is 10.8 Å². The van der Waals surface area contributed by atoms with Gasteiger partial charge in [-0.2, -0.15) is 0 Å². The summed E-state index contributed by atoms with van der Waals surface area (Å²) in [7, 11) is -3.83. The number of nitrogens with zero attached hydrogens (tertiary/aromatic N) is 1. The van der Waals surface area contributed by atoms with Gasteiger partial charge in [0.2, 0.25) is 0 Å². The average molecular weight is 466 g/mol. The van der Waals surface area contributed by atoms with Crippen molar-refractivity contribution in [2.45, 2.75) is 39.1 Å². The summed E-state index contributed by atoms with van der Waals surface area (Å²) in [5, 5.41) is 2.88. The molecule has 174 valence electrons. The van der Waals surface area contributed by atoms with Crippen LogP contribution >= 0.6 is 0 Å². The molecule has 0 atom stereocenters. The molecule has 0 aliphatic rings. The quantitative estimate of drug-likeness (QED) is 0.472. The van der Waals surface area contributed by atoms with E-state index in [0.717, 1.165) is 29.9 Å². The summed E-state index contributed by atoms with van der Waals surface area (Å²) in [5.41, 5.74) is 4.49. The topological polar surface area (TPSA) is 78.5 Å². The summed E-state index contributed by atoms with van der Waals surface area (Å²) < 4.78 is 28.5. The molecule has 3 aromatic carbocycles. The molecule has 0 saturated carbocycles. The number of nitrogens with one attached hydrogen (secondary N) is 2. The van der Waals surface area contributed by atoms with E-state index in [1.54, 1.807) is 31.2 Å². The van der Waals surface area contributed by atoms with Gasteiger partial charge in [-0.25, -0.2) is 8.42 Å². The van der Waals surface area contributed by atoms with Gasteiger partial charge in [-0.1, -0.05) is 35.9 Å². The molecule has 1 amide bonds. The summed E-state index contributed by atoms with van der Waals surface area (Å²) >= 11 is 0. The molecule has 0 unspecified atom stereocenters. The van der Waals surface area contributed by atoms with Crippen molar-refractivity contribution in [3.63, 3.8) is 0 Å². The highest BCUT2D eigenvalue weighted by Gasteiger charge is 2.19. The summed E-state index contributed by atoms with van der Waals surface area (Å²) in [4.78, 5) is 15.1. The van der Waals surface area contributed by atoms with Crippen molar-refractivity contribution in [2.24, 2.45) is 0 Å². The summed E-state index contributed by atoms with van der Waals surface area (Å²) in [6.45, 7) is 10.1. The van der Waals surface area contributed by atoms with Crippen LogP contribution < -0.4 is 14.9 Å². The van der Waals surface area contributed by atoms with Crippen LogP contribution in [0.15, 0.2) is 71.6 Å². The van der Waals surface area contributed by atoms with E-state index in [0.29, 0.717) is 23.4 Å². The second kappa shape index (κ2) is 10.5. The number of anilines is 2. The summed E-state index contributed by atoms with van der Waals surface area (Å²) in [5.74, 6) is -0.324. The first-order chi connectivity index (χ1) is 15.7. The van der Waals surface area contributed by atoms with Crippen molar-refractivity contribution in [3.05, 3.63) is 89.0 Å². The molecule has 0 aliphatic carbocycles. The van der Waals surface area contributed by atoms with Crippen LogP contribution in [0.25, 0.3) is 0 Å². The number of benzene rings is 3. The molecule has 0 radical (unpaired) electrons. The molecule has 0 fully saturated rings. The molecular weight excluding hydrogens is 434 g/mol. The highest BCUT2D eigenvalue weighted by atomic mass is 32.2. The Bertz CT molecular complexity index is 1200. The van der Waals surface area contributed by atoms with Gasteiger partial charge in [0, 0.05) is 36.6 Å². The maximum atomic E-state index is 13.0. The van der Waals surface area contributed by atoms with Crippen molar-refractivity contribution >= 4 is 27.3 Å². The van der Waals surface area contributed by atoms with Crippen LogP contribution in [0, 0.1) is 13.8 Å². The van der Waals surface area contributed by atoms with Gasteiger partial charge < -0.3 is 10.2 Å². The van der Waals surface area contributed by atoms with Gasteiger partial charge in [-0.3, -0.25) is 9.52 Å². The minimum absolute atomic E-state index is 0.0827. The Kier molecular flexibility index (Phi) is 7.76. The van der Waals surface area contributed by atoms with Crippen LogP contribution in [0.2, 0.25) is 0 Å². The fraction of sp³-hybridized carbons (Fsp3) is 0.269. The lowest BCUT2D eigenvalue weighted by atomic mass is 10.1. The van der Waals surface area contributed by atoms with Crippen LogP contribution in [-0.4, -0.2) is 27.4 Å². The number of hydrogen-bond acceptors (Lipinski definition) is 4. The molecule has 2 N–H and O–H groups in total. The van der Waals surface area contributed by atoms with E-state index < -0.39 is 10.0 Å². The zero-order chi connectivity index (χ0) is 24.0. The third kappa shape index (κ3) is 6.14. The van der Waals surface area contributed by atoms with Crippen LogP contribution in [0.1, 0.15) is 40.9 Å². The lowest BCUT2D eigenvalue weighted by Gasteiger charge is -2.21. The maximum Gasteiger partial charge on any atom is 0.262 e. The van der Waals surface area contributed by atoms with Crippen molar-refractivity contribution in [3.8, 4) is 0 Å². The standard InChI is InChI=1S/C26H31N3O3S/c1-5-29(6-2)24-15-10-21(11-16-24)18-27-26(30)22-12-9-20(4)25(17-22)33(31,32)28-23-13-7-19(3)8-14-23/h7-17,28H,5-6,18H2,1-4H3,(H,27,30). The number of carbonyl (C=O) groups excluding carboxylic acids is 1. The first-order valence-electron chi connectivity index (χ1n) is 11.1. The normalized spacial score (nSPS) is 11.2. The van der Waals surface area contributed by atoms with Crippen LogP contribution in [0.3, 0.4) is 0 Å². The minimum atomic E-state index is -3.83. The van der Waals surface area contributed by atoms with E-state index in [2.05, 4.69) is 28.8 Å². The monoisotopic (exact) mass is 465 g/mol.